The maximum absolute atomic E-state index is 13.5. The summed E-state index contributed by atoms with van der Waals surface area (Å²) in [6.07, 6.45) is 44.6. The summed E-state index contributed by atoms with van der Waals surface area (Å²) in [7, 11) is -2.56. The van der Waals surface area contributed by atoms with E-state index in [0.29, 0.717) is 12.3 Å². The Morgan fingerprint density at radius 3 is 0.783 bits per heavy atom. The highest BCUT2D eigenvalue weighted by Crippen LogP contribution is 2.51. The average Bonchev–Trinajstić information content (AvgIpc) is 3.07. The van der Waals surface area contributed by atoms with Gasteiger partial charge in [0.15, 0.2) is 0 Å². The molecule has 0 aromatic rings. The van der Waals surface area contributed by atoms with E-state index in [-0.39, 0.29) is 19.8 Å². The van der Waals surface area contributed by atoms with Crippen molar-refractivity contribution >= 4 is 7.14 Å². The monoisotopic (exact) mass is 676 g/mol. The van der Waals surface area contributed by atoms with Gasteiger partial charge in [-0.1, -0.05) is 206 Å². The van der Waals surface area contributed by atoms with E-state index in [2.05, 4.69) is 13.8 Å². The molecule has 0 saturated heterocycles. The standard InChI is InChI=1S/C38H80NO2P.C2H6O2/c1-3-5-7-9-11-13-15-17-19-21-23-25-27-29-31-33-35-42(41,38(40)37-39)36-34-32-30-28-26-24-22-20-18-16-14-12-10-8-6-4-2;3-1-2-4/h38,40H,3-37,39H2,1-2H3;3-4H,1-2H2. The zero-order chi connectivity index (χ0) is 34.2. The van der Waals surface area contributed by atoms with Crippen LogP contribution in [0.1, 0.15) is 219 Å². The van der Waals surface area contributed by atoms with Crippen LogP contribution in [0.15, 0.2) is 0 Å². The second-order valence-electron chi connectivity index (χ2n) is 14.2. The van der Waals surface area contributed by atoms with Gasteiger partial charge in [-0.15, -0.1) is 0 Å². The van der Waals surface area contributed by atoms with Gasteiger partial charge >= 0.3 is 0 Å². The molecule has 0 aromatic carbocycles. The molecule has 1 unspecified atom stereocenters. The molecule has 0 radical (unpaired) electrons. The molecule has 0 amide bonds. The van der Waals surface area contributed by atoms with E-state index in [0.717, 1.165) is 25.7 Å². The van der Waals surface area contributed by atoms with E-state index in [1.54, 1.807) is 0 Å². The summed E-state index contributed by atoms with van der Waals surface area (Å²) < 4.78 is 13.5. The van der Waals surface area contributed by atoms with Gasteiger partial charge in [-0.25, -0.2) is 0 Å². The topological polar surface area (TPSA) is 104 Å². The lowest BCUT2D eigenvalue weighted by atomic mass is 10.0. The van der Waals surface area contributed by atoms with Crippen molar-refractivity contribution in [1.29, 1.82) is 0 Å². The molecular weight excluding hydrogens is 589 g/mol. The molecule has 0 heterocycles. The zero-order valence-electron chi connectivity index (χ0n) is 31.5. The summed E-state index contributed by atoms with van der Waals surface area (Å²) in [4.78, 5) is 0. The van der Waals surface area contributed by atoms with E-state index in [9.17, 15) is 9.67 Å². The van der Waals surface area contributed by atoms with Crippen molar-refractivity contribution in [3.8, 4) is 0 Å². The SMILES string of the molecule is CCCCCCCCCCCCCCCCCCP(=O)(CCCCCCCCCCCCCCCCCC)C(O)CN.OCCO. The minimum atomic E-state index is -2.56. The predicted molar refractivity (Wildman–Crippen MR) is 206 cm³/mol. The molecule has 0 aliphatic heterocycles. The first-order valence-electron chi connectivity index (χ1n) is 20.7. The number of hydrogen-bond donors (Lipinski definition) is 4. The maximum Gasteiger partial charge on any atom is 0.119 e. The highest BCUT2D eigenvalue weighted by molar-refractivity contribution is 7.64. The summed E-state index contributed by atoms with van der Waals surface area (Å²) in [5, 5.41) is 25.7. The second kappa shape index (κ2) is 41.2. The van der Waals surface area contributed by atoms with E-state index >= 15 is 0 Å². The number of rotatable bonds is 37. The van der Waals surface area contributed by atoms with Crippen LogP contribution in [0.25, 0.3) is 0 Å². The van der Waals surface area contributed by atoms with Gasteiger partial charge in [0.25, 0.3) is 0 Å². The molecule has 280 valence electrons. The van der Waals surface area contributed by atoms with Gasteiger partial charge in [0, 0.05) is 18.9 Å². The van der Waals surface area contributed by atoms with Crippen molar-refractivity contribution in [2.75, 3.05) is 32.1 Å². The predicted octanol–water partition coefficient (Wildman–Crippen LogP) is 12.1. The van der Waals surface area contributed by atoms with Crippen LogP contribution in [0.2, 0.25) is 0 Å². The highest BCUT2D eigenvalue weighted by Gasteiger charge is 2.29. The minimum Gasteiger partial charge on any atom is -0.394 e. The third-order valence-corrected chi connectivity index (χ3v) is 13.1. The molecule has 0 bridgehead atoms. The van der Waals surface area contributed by atoms with E-state index in [1.807, 2.05) is 0 Å². The Morgan fingerprint density at radius 1 is 0.413 bits per heavy atom. The zero-order valence-corrected chi connectivity index (χ0v) is 32.4. The molecule has 46 heavy (non-hydrogen) atoms. The lowest BCUT2D eigenvalue weighted by Crippen LogP contribution is -2.23. The Kier molecular flexibility index (Phi) is 43.2. The number of aliphatic hydroxyl groups excluding tert-OH is 3. The summed E-state index contributed by atoms with van der Waals surface area (Å²) in [6.45, 7) is 4.47. The Balaban J connectivity index is 0. The minimum absolute atomic E-state index is 0.125. The van der Waals surface area contributed by atoms with Gasteiger partial charge in [0.1, 0.15) is 13.0 Å². The van der Waals surface area contributed by atoms with Crippen molar-refractivity contribution in [2.24, 2.45) is 5.73 Å². The fourth-order valence-electron chi connectivity index (χ4n) is 6.46. The van der Waals surface area contributed by atoms with Gasteiger partial charge in [-0.2, -0.15) is 0 Å². The van der Waals surface area contributed by atoms with Crippen LogP contribution >= 0.6 is 7.14 Å². The molecule has 0 saturated carbocycles. The van der Waals surface area contributed by atoms with Gasteiger partial charge in [-0.05, 0) is 12.8 Å². The Labute approximate surface area is 289 Å². The van der Waals surface area contributed by atoms with Crippen LogP contribution < -0.4 is 5.73 Å². The molecule has 0 aliphatic rings. The van der Waals surface area contributed by atoms with Crippen LogP contribution in [-0.4, -0.2) is 53.2 Å². The molecule has 1 atom stereocenters. The number of nitrogens with two attached hydrogens (primary N) is 1. The Hall–Kier alpha value is 0.0700. The van der Waals surface area contributed by atoms with Gasteiger partial charge in [0.2, 0.25) is 0 Å². The van der Waals surface area contributed by atoms with E-state index in [1.165, 1.54) is 180 Å². The number of unbranched alkanes of at least 4 members (excludes halogenated alkanes) is 30. The van der Waals surface area contributed by atoms with Gasteiger partial charge < -0.3 is 25.6 Å². The van der Waals surface area contributed by atoms with E-state index < -0.39 is 13.0 Å². The van der Waals surface area contributed by atoms with Crippen molar-refractivity contribution < 1.29 is 19.9 Å². The molecule has 0 aliphatic carbocycles. The second-order valence-corrected chi connectivity index (χ2v) is 17.6. The van der Waals surface area contributed by atoms with E-state index in [4.69, 9.17) is 15.9 Å². The number of hydrogen-bond acceptors (Lipinski definition) is 5. The average molecular weight is 676 g/mol. The third kappa shape index (κ3) is 36.9. The van der Waals surface area contributed by atoms with Crippen molar-refractivity contribution in [1.82, 2.24) is 0 Å². The summed E-state index contributed by atoms with van der Waals surface area (Å²) in [6, 6.07) is 0. The van der Waals surface area contributed by atoms with Crippen LogP contribution in [0, 0.1) is 0 Å². The first-order valence-corrected chi connectivity index (χ1v) is 22.8. The third-order valence-electron chi connectivity index (χ3n) is 9.63. The van der Waals surface area contributed by atoms with Crippen LogP contribution in [0.4, 0.5) is 0 Å². The molecule has 6 heteroatoms. The molecule has 0 spiro atoms. The van der Waals surface area contributed by atoms with Crippen molar-refractivity contribution in [2.45, 2.75) is 225 Å². The summed E-state index contributed by atoms with van der Waals surface area (Å²) in [5.41, 5.74) is 5.76. The quantitative estimate of drug-likeness (QED) is 0.0387. The van der Waals surface area contributed by atoms with Crippen LogP contribution in [0.3, 0.4) is 0 Å². The fraction of sp³-hybridized carbons (Fsp3) is 1.00. The fourth-order valence-corrected chi connectivity index (χ4v) is 9.18. The Bertz CT molecular complexity index is 550. The Morgan fingerprint density at radius 2 is 0.609 bits per heavy atom. The first kappa shape index (κ1) is 48.2. The summed E-state index contributed by atoms with van der Waals surface area (Å²) >= 11 is 0. The molecule has 5 N–H and O–H groups in total. The van der Waals surface area contributed by atoms with Crippen molar-refractivity contribution in [3.05, 3.63) is 0 Å². The first-order chi connectivity index (χ1) is 22.5. The largest absolute Gasteiger partial charge is 0.394 e. The maximum atomic E-state index is 13.5. The molecular formula is C40H86NO4P. The van der Waals surface area contributed by atoms with Crippen LogP contribution in [-0.2, 0) is 4.57 Å². The molecule has 0 fully saturated rings. The molecule has 0 aromatic heterocycles. The van der Waals surface area contributed by atoms with Crippen molar-refractivity contribution in [3.63, 3.8) is 0 Å². The smallest absolute Gasteiger partial charge is 0.119 e. The molecule has 0 rings (SSSR count). The number of aliphatic hydroxyl groups is 3. The lowest BCUT2D eigenvalue weighted by molar-refractivity contribution is 0.186. The highest BCUT2D eigenvalue weighted by atomic mass is 31.2. The normalized spacial score (nSPS) is 12.3. The molecule has 5 nitrogen and oxygen atoms in total. The van der Waals surface area contributed by atoms with Gasteiger partial charge in [0.05, 0.1) is 13.2 Å². The lowest BCUT2D eigenvalue weighted by Gasteiger charge is -2.23. The van der Waals surface area contributed by atoms with Gasteiger partial charge in [-0.3, -0.25) is 0 Å². The summed E-state index contributed by atoms with van der Waals surface area (Å²) in [5.74, 6) is -0.787. The van der Waals surface area contributed by atoms with Crippen LogP contribution in [0.5, 0.6) is 0 Å².